The van der Waals surface area contributed by atoms with Crippen LogP contribution in [0.1, 0.15) is 15.4 Å². The summed E-state index contributed by atoms with van der Waals surface area (Å²) in [5, 5.41) is 6.06. The molecule has 0 unspecified atom stereocenters. The standard InChI is InChI=1S/C12H14N4O2S/c1-18-12(17)8-2-4-15-11(10(8)13)16-5-3-9-14-6-7-19-9/h2,4,6-7H,3,5,13H2,1H3,(H,15,16). The highest BCUT2D eigenvalue weighted by Gasteiger charge is 2.13. The molecule has 6 nitrogen and oxygen atoms in total. The van der Waals surface area contributed by atoms with Gasteiger partial charge in [-0.05, 0) is 6.07 Å². The molecule has 0 atom stereocenters. The summed E-state index contributed by atoms with van der Waals surface area (Å²) in [6.07, 6.45) is 4.07. The van der Waals surface area contributed by atoms with Crippen molar-refractivity contribution in [1.29, 1.82) is 0 Å². The molecule has 0 aliphatic carbocycles. The summed E-state index contributed by atoms with van der Waals surface area (Å²) in [6.45, 7) is 0.648. The van der Waals surface area contributed by atoms with E-state index in [4.69, 9.17) is 5.73 Å². The summed E-state index contributed by atoms with van der Waals surface area (Å²) in [4.78, 5) is 19.8. The average molecular weight is 278 g/mol. The van der Waals surface area contributed by atoms with Gasteiger partial charge in [0.2, 0.25) is 0 Å². The lowest BCUT2D eigenvalue weighted by Gasteiger charge is -2.10. The number of nitrogens with one attached hydrogen (secondary N) is 1. The lowest BCUT2D eigenvalue weighted by molar-refractivity contribution is 0.0602. The largest absolute Gasteiger partial charge is 0.465 e. The highest BCUT2D eigenvalue weighted by atomic mass is 32.1. The lowest BCUT2D eigenvalue weighted by Crippen LogP contribution is -2.12. The van der Waals surface area contributed by atoms with E-state index in [1.807, 2.05) is 5.38 Å². The third-order valence-electron chi connectivity index (χ3n) is 2.51. The van der Waals surface area contributed by atoms with Crippen LogP contribution in [-0.4, -0.2) is 29.6 Å². The van der Waals surface area contributed by atoms with E-state index in [-0.39, 0.29) is 0 Å². The molecule has 2 aromatic heterocycles. The maximum absolute atomic E-state index is 11.5. The topological polar surface area (TPSA) is 90.1 Å². The molecule has 2 aromatic rings. The van der Waals surface area contributed by atoms with E-state index in [1.165, 1.54) is 19.4 Å². The molecule has 7 heteroatoms. The fourth-order valence-electron chi connectivity index (χ4n) is 1.57. The average Bonchev–Trinajstić information content (AvgIpc) is 2.93. The van der Waals surface area contributed by atoms with Gasteiger partial charge in [0.15, 0.2) is 0 Å². The first-order chi connectivity index (χ1) is 9.22. The van der Waals surface area contributed by atoms with Gasteiger partial charge >= 0.3 is 5.97 Å². The monoisotopic (exact) mass is 278 g/mol. The Morgan fingerprint density at radius 2 is 2.32 bits per heavy atom. The summed E-state index contributed by atoms with van der Waals surface area (Å²) in [5.74, 6) is 0.0160. The number of nitrogens with zero attached hydrogens (tertiary/aromatic N) is 2. The third kappa shape index (κ3) is 3.19. The highest BCUT2D eigenvalue weighted by molar-refractivity contribution is 7.09. The van der Waals surface area contributed by atoms with Crippen LogP contribution in [0.2, 0.25) is 0 Å². The number of nitrogen functional groups attached to an aromatic ring is 1. The third-order valence-corrected chi connectivity index (χ3v) is 3.35. The van der Waals surface area contributed by atoms with E-state index in [9.17, 15) is 4.79 Å². The Morgan fingerprint density at radius 3 is 3.00 bits per heavy atom. The van der Waals surface area contributed by atoms with E-state index in [0.29, 0.717) is 23.6 Å². The number of aromatic nitrogens is 2. The van der Waals surface area contributed by atoms with Crippen molar-refractivity contribution in [3.05, 3.63) is 34.4 Å². The van der Waals surface area contributed by atoms with Crippen LogP contribution in [0.3, 0.4) is 0 Å². The van der Waals surface area contributed by atoms with Crippen LogP contribution in [0.25, 0.3) is 0 Å². The Morgan fingerprint density at radius 1 is 1.47 bits per heavy atom. The van der Waals surface area contributed by atoms with Crippen LogP contribution in [0.5, 0.6) is 0 Å². The van der Waals surface area contributed by atoms with Gasteiger partial charge in [0.05, 0.1) is 23.4 Å². The van der Waals surface area contributed by atoms with Crippen molar-refractivity contribution in [2.24, 2.45) is 0 Å². The molecular formula is C12H14N4O2S. The molecule has 0 aliphatic rings. The van der Waals surface area contributed by atoms with Gasteiger partial charge in [0, 0.05) is 30.7 Å². The van der Waals surface area contributed by atoms with Gasteiger partial charge in [0.25, 0.3) is 0 Å². The van der Waals surface area contributed by atoms with Gasteiger partial charge in [-0.2, -0.15) is 0 Å². The molecule has 0 bridgehead atoms. The number of methoxy groups -OCH3 is 1. The molecule has 2 heterocycles. The number of esters is 1. The van der Waals surface area contributed by atoms with Crippen LogP contribution < -0.4 is 11.1 Å². The van der Waals surface area contributed by atoms with Gasteiger partial charge in [0.1, 0.15) is 5.82 Å². The summed E-state index contributed by atoms with van der Waals surface area (Å²) in [7, 11) is 1.32. The molecule has 0 fully saturated rings. The number of rotatable bonds is 5. The normalized spacial score (nSPS) is 10.2. The number of anilines is 2. The molecule has 0 aromatic carbocycles. The van der Waals surface area contributed by atoms with Gasteiger partial charge in [-0.1, -0.05) is 0 Å². The fraction of sp³-hybridized carbons (Fsp3) is 0.250. The molecule has 0 radical (unpaired) electrons. The Kier molecular flexibility index (Phi) is 4.30. The van der Waals surface area contributed by atoms with E-state index in [2.05, 4.69) is 20.0 Å². The number of hydrogen-bond acceptors (Lipinski definition) is 7. The Bertz CT molecular complexity index is 557. The molecule has 0 saturated heterocycles. The van der Waals surface area contributed by atoms with Crippen molar-refractivity contribution >= 4 is 28.8 Å². The molecule has 0 amide bonds. The second-order valence-corrected chi connectivity index (χ2v) is 4.69. The van der Waals surface area contributed by atoms with Crippen LogP contribution in [0.15, 0.2) is 23.8 Å². The van der Waals surface area contributed by atoms with Crippen molar-refractivity contribution in [3.8, 4) is 0 Å². The number of nitrogens with two attached hydrogens (primary N) is 1. The zero-order valence-electron chi connectivity index (χ0n) is 10.4. The minimum absolute atomic E-state index is 0.300. The Balaban J connectivity index is 2.02. The second kappa shape index (κ2) is 6.14. The molecule has 0 saturated carbocycles. The Labute approximate surface area is 114 Å². The molecule has 100 valence electrons. The summed E-state index contributed by atoms with van der Waals surface area (Å²) >= 11 is 1.60. The van der Waals surface area contributed by atoms with Crippen molar-refractivity contribution in [2.75, 3.05) is 24.7 Å². The summed E-state index contributed by atoms with van der Waals surface area (Å²) < 4.78 is 4.65. The minimum Gasteiger partial charge on any atom is -0.465 e. The first kappa shape index (κ1) is 13.3. The van der Waals surface area contributed by atoms with Crippen LogP contribution in [0, 0.1) is 0 Å². The summed E-state index contributed by atoms with van der Waals surface area (Å²) in [5.41, 5.74) is 6.49. The molecule has 19 heavy (non-hydrogen) atoms. The van der Waals surface area contributed by atoms with Crippen LogP contribution in [-0.2, 0) is 11.2 Å². The predicted octanol–water partition coefficient (Wildman–Crippen LogP) is 1.56. The van der Waals surface area contributed by atoms with Crippen LogP contribution in [0.4, 0.5) is 11.5 Å². The fourth-order valence-corrected chi connectivity index (χ4v) is 2.19. The van der Waals surface area contributed by atoms with Gasteiger partial charge in [-0.25, -0.2) is 14.8 Å². The number of ether oxygens (including phenoxy) is 1. The van der Waals surface area contributed by atoms with E-state index in [1.54, 1.807) is 17.5 Å². The quantitative estimate of drug-likeness (QED) is 0.807. The maximum atomic E-state index is 11.5. The van der Waals surface area contributed by atoms with Crippen molar-refractivity contribution in [3.63, 3.8) is 0 Å². The van der Waals surface area contributed by atoms with Gasteiger partial charge in [-0.3, -0.25) is 0 Å². The highest BCUT2D eigenvalue weighted by Crippen LogP contribution is 2.20. The minimum atomic E-state index is -0.470. The first-order valence-corrected chi connectivity index (χ1v) is 6.55. The molecular weight excluding hydrogens is 264 g/mol. The van der Waals surface area contributed by atoms with E-state index in [0.717, 1.165) is 11.4 Å². The number of carbonyl (C=O) groups is 1. The maximum Gasteiger partial charge on any atom is 0.340 e. The number of hydrogen-bond donors (Lipinski definition) is 2. The van der Waals surface area contributed by atoms with E-state index >= 15 is 0 Å². The molecule has 2 rings (SSSR count). The number of thiazole rings is 1. The van der Waals surface area contributed by atoms with Gasteiger partial charge in [-0.15, -0.1) is 11.3 Å². The van der Waals surface area contributed by atoms with Gasteiger partial charge < -0.3 is 15.8 Å². The van der Waals surface area contributed by atoms with Crippen molar-refractivity contribution in [1.82, 2.24) is 9.97 Å². The Hall–Kier alpha value is -2.15. The predicted molar refractivity (Wildman–Crippen MR) is 74.3 cm³/mol. The zero-order chi connectivity index (χ0) is 13.7. The SMILES string of the molecule is COC(=O)c1ccnc(NCCc2nccs2)c1N. The van der Waals surface area contributed by atoms with Crippen molar-refractivity contribution < 1.29 is 9.53 Å². The smallest absolute Gasteiger partial charge is 0.340 e. The van der Waals surface area contributed by atoms with E-state index < -0.39 is 5.97 Å². The zero-order valence-corrected chi connectivity index (χ0v) is 11.2. The lowest BCUT2D eigenvalue weighted by atomic mass is 10.2. The molecule has 3 N–H and O–H groups in total. The number of pyridine rings is 1. The van der Waals surface area contributed by atoms with Crippen LogP contribution >= 0.6 is 11.3 Å². The molecule has 0 aliphatic heterocycles. The summed E-state index contributed by atoms with van der Waals surface area (Å²) in [6, 6.07) is 1.53. The molecule has 0 spiro atoms. The van der Waals surface area contributed by atoms with Crippen molar-refractivity contribution in [2.45, 2.75) is 6.42 Å². The second-order valence-electron chi connectivity index (χ2n) is 3.71. The number of carbonyl (C=O) groups excluding carboxylic acids is 1. The first-order valence-electron chi connectivity index (χ1n) is 5.67.